The van der Waals surface area contributed by atoms with Crippen LogP contribution in [0.25, 0.3) is 0 Å². The number of nitrogens with two attached hydrogens (primary N) is 1. The zero-order valence-electron chi connectivity index (χ0n) is 16.8. The van der Waals surface area contributed by atoms with Crippen molar-refractivity contribution in [3.63, 3.8) is 0 Å². The van der Waals surface area contributed by atoms with Gasteiger partial charge in [-0.2, -0.15) is 0 Å². The number of ether oxygens (including phenoxy) is 1. The molecule has 3 nitrogen and oxygen atoms in total. The minimum Gasteiger partial charge on any atom is -0.481 e. The lowest BCUT2D eigenvalue weighted by Gasteiger charge is -2.15. The Morgan fingerprint density at radius 3 is 1.73 bits per heavy atom. The highest BCUT2D eigenvalue weighted by atomic mass is 16.5. The quantitative estimate of drug-likeness (QED) is 0.326. The summed E-state index contributed by atoms with van der Waals surface area (Å²) in [5.41, 5.74) is 5.47. The van der Waals surface area contributed by atoms with Gasteiger partial charge in [0.05, 0.1) is 0 Å². The molecule has 0 fully saturated rings. The van der Waals surface area contributed by atoms with Crippen molar-refractivity contribution in [1.29, 1.82) is 0 Å². The summed E-state index contributed by atoms with van der Waals surface area (Å²) in [7, 11) is 0. The molecule has 0 heterocycles. The third-order valence-corrected chi connectivity index (χ3v) is 4.91. The Bertz CT molecular complexity index is 447. The average Bonchev–Trinajstić information content (AvgIpc) is 2.65. The first-order chi connectivity index (χ1) is 12.7. The molecule has 0 bridgehead atoms. The second kappa shape index (κ2) is 15.7. The number of hydrogen-bond acceptors (Lipinski definition) is 2. The van der Waals surface area contributed by atoms with E-state index in [4.69, 9.17) is 10.5 Å². The molecule has 0 aliphatic rings. The summed E-state index contributed by atoms with van der Waals surface area (Å²) < 4.78 is 5.71. The number of hydrogen-bond donors (Lipinski definition) is 1. The van der Waals surface area contributed by atoms with E-state index in [1.807, 2.05) is 30.3 Å². The van der Waals surface area contributed by atoms with Crippen LogP contribution in [0.5, 0.6) is 5.75 Å². The number of amides is 1. The van der Waals surface area contributed by atoms with E-state index >= 15 is 0 Å². The van der Waals surface area contributed by atoms with E-state index in [2.05, 4.69) is 6.92 Å². The minimum atomic E-state index is -0.509. The first kappa shape index (κ1) is 22.5. The number of unbranched alkanes of at least 4 members (excludes halogenated alkanes) is 12. The van der Waals surface area contributed by atoms with E-state index in [0.717, 1.165) is 12.8 Å². The molecule has 0 aliphatic heterocycles. The van der Waals surface area contributed by atoms with E-state index in [0.29, 0.717) is 12.2 Å². The van der Waals surface area contributed by atoms with Crippen LogP contribution in [0.15, 0.2) is 30.3 Å². The van der Waals surface area contributed by atoms with Gasteiger partial charge in [-0.3, -0.25) is 4.79 Å². The largest absolute Gasteiger partial charge is 0.481 e. The Morgan fingerprint density at radius 2 is 1.27 bits per heavy atom. The van der Waals surface area contributed by atoms with E-state index in [1.165, 1.54) is 70.6 Å². The number of benzene rings is 1. The second-order valence-electron chi connectivity index (χ2n) is 7.35. The fourth-order valence-corrected chi connectivity index (χ4v) is 3.27. The average molecular weight is 362 g/mol. The number of para-hydroxylation sites is 1. The summed E-state index contributed by atoms with van der Waals surface area (Å²) in [6.07, 6.45) is 17.4. The molecule has 2 N–H and O–H groups in total. The molecule has 0 spiro atoms. The molecule has 1 aromatic carbocycles. The summed E-state index contributed by atoms with van der Waals surface area (Å²) in [4.78, 5) is 11.6. The highest BCUT2D eigenvalue weighted by Gasteiger charge is 2.16. The Morgan fingerprint density at radius 1 is 0.808 bits per heavy atom. The molecular formula is C23H39NO2. The van der Waals surface area contributed by atoms with Crippen LogP contribution < -0.4 is 10.5 Å². The van der Waals surface area contributed by atoms with Crippen molar-refractivity contribution in [3.05, 3.63) is 30.3 Å². The summed E-state index contributed by atoms with van der Waals surface area (Å²) in [5, 5.41) is 0. The Balaban J connectivity index is 1.96. The SMILES string of the molecule is CCCCCCCCCCCCCCCC(Oc1ccccc1)C(N)=O. The predicted octanol–water partition coefficient (Wildman–Crippen LogP) is 6.40. The van der Waals surface area contributed by atoms with Gasteiger partial charge in [0.1, 0.15) is 5.75 Å². The van der Waals surface area contributed by atoms with E-state index in [-0.39, 0.29) is 5.91 Å². The molecule has 0 aromatic heterocycles. The van der Waals surface area contributed by atoms with Crippen LogP contribution in [0.3, 0.4) is 0 Å². The maximum absolute atomic E-state index is 11.6. The van der Waals surface area contributed by atoms with Crippen LogP contribution in [0.2, 0.25) is 0 Å². The monoisotopic (exact) mass is 361 g/mol. The van der Waals surface area contributed by atoms with Crippen LogP contribution in [-0.2, 0) is 4.79 Å². The molecule has 1 atom stereocenters. The van der Waals surface area contributed by atoms with Crippen LogP contribution in [-0.4, -0.2) is 12.0 Å². The molecular weight excluding hydrogens is 322 g/mol. The summed E-state index contributed by atoms with van der Waals surface area (Å²) in [6.45, 7) is 2.27. The minimum absolute atomic E-state index is 0.368. The summed E-state index contributed by atoms with van der Waals surface area (Å²) >= 11 is 0. The standard InChI is InChI=1S/C23H39NO2/c1-2-3-4-5-6-7-8-9-10-11-12-13-17-20-22(23(24)25)26-21-18-15-14-16-19-21/h14-16,18-19,22H,2-13,17,20H2,1H3,(H2,24,25). The lowest BCUT2D eigenvalue weighted by Crippen LogP contribution is -2.33. The maximum atomic E-state index is 11.6. The van der Waals surface area contributed by atoms with Crippen molar-refractivity contribution >= 4 is 5.91 Å². The van der Waals surface area contributed by atoms with Crippen molar-refractivity contribution in [2.45, 2.75) is 103 Å². The molecule has 0 radical (unpaired) electrons. The normalized spacial score (nSPS) is 12.0. The first-order valence-corrected chi connectivity index (χ1v) is 10.7. The van der Waals surface area contributed by atoms with Gasteiger partial charge in [-0.1, -0.05) is 102 Å². The van der Waals surface area contributed by atoms with E-state index < -0.39 is 6.10 Å². The fraction of sp³-hybridized carbons (Fsp3) is 0.696. The fourth-order valence-electron chi connectivity index (χ4n) is 3.27. The third kappa shape index (κ3) is 11.9. The molecule has 1 unspecified atom stereocenters. The molecule has 148 valence electrons. The molecule has 26 heavy (non-hydrogen) atoms. The Labute approximate surface area is 160 Å². The van der Waals surface area contributed by atoms with Gasteiger partial charge < -0.3 is 10.5 Å². The zero-order valence-corrected chi connectivity index (χ0v) is 16.8. The predicted molar refractivity (Wildman–Crippen MR) is 110 cm³/mol. The molecule has 0 aliphatic carbocycles. The lowest BCUT2D eigenvalue weighted by atomic mass is 10.0. The lowest BCUT2D eigenvalue weighted by molar-refractivity contribution is -0.125. The first-order valence-electron chi connectivity index (χ1n) is 10.7. The van der Waals surface area contributed by atoms with Crippen molar-refractivity contribution in [2.24, 2.45) is 5.73 Å². The van der Waals surface area contributed by atoms with E-state index in [9.17, 15) is 4.79 Å². The van der Waals surface area contributed by atoms with Crippen molar-refractivity contribution in [2.75, 3.05) is 0 Å². The highest BCUT2D eigenvalue weighted by Crippen LogP contribution is 2.16. The molecule has 0 saturated carbocycles. The summed E-state index contributed by atoms with van der Waals surface area (Å²) in [5.74, 6) is 0.346. The topological polar surface area (TPSA) is 52.3 Å². The second-order valence-corrected chi connectivity index (χ2v) is 7.35. The van der Waals surface area contributed by atoms with Gasteiger partial charge in [0.2, 0.25) is 0 Å². The molecule has 0 saturated heterocycles. The smallest absolute Gasteiger partial charge is 0.258 e. The van der Waals surface area contributed by atoms with Crippen molar-refractivity contribution in [3.8, 4) is 5.75 Å². The van der Waals surface area contributed by atoms with Gasteiger partial charge in [0.15, 0.2) is 6.10 Å². The van der Waals surface area contributed by atoms with Crippen molar-refractivity contribution in [1.82, 2.24) is 0 Å². The molecule has 1 amide bonds. The molecule has 1 aromatic rings. The third-order valence-electron chi connectivity index (χ3n) is 4.91. The highest BCUT2D eigenvalue weighted by molar-refractivity contribution is 5.79. The van der Waals surface area contributed by atoms with Gasteiger partial charge in [-0.15, -0.1) is 0 Å². The van der Waals surface area contributed by atoms with Gasteiger partial charge >= 0.3 is 0 Å². The number of rotatable bonds is 17. The van der Waals surface area contributed by atoms with E-state index in [1.54, 1.807) is 0 Å². The van der Waals surface area contributed by atoms with Gasteiger partial charge in [0, 0.05) is 0 Å². The zero-order chi connectivity index (χ0) is 18.9. The maximum Gasteiger partial charge on any atom is 0.258 e. The van der Waals surface area contributed by atoms with Crippen LogP contribution >= 0.6 is 0 Å². The number of primary amides is 1. The number of carbonyl (C=O) groups excluding carboxylic acids is 1. The molecule has 3 heteroatoms. The van der Waals surface area contributed by atoms with Crippen LogP contribution in [0.4, 0.5) is 0 Å². The van der Waals surface area contributed by atoms with Crippen LogP contribution in [0, 0.1) is 0 Å². The Kier molecular flexibility index (Phi) is 13.6. The van der Waals surface area contributed by atoms with Gasteiger partial charge in [-0.25, -0.2) is 0 Å². The van der Waals surface area contributed by atoms with Gasteiger partial charge in [0.25, 0.3) is 5.91 Å². The summed E-state index contributed by atoms with van der Waals surface area (Å²) in [6, 6.07) is 9.45. The van der Waals surface area contributed by atoms with Gasteiger partial charge in [-0.05, 0) is 25.0 Å². The molecule has 1 rings (SSSR count). The van der Waals surface area contributed by atoms with Crippen molar-refractivity contribution < 1.29 is 9.53 Å². The van der Waals surface area contributed by atoms with Crippen LogP contribution in [0.1, 0.15) is 96.8 Å². The number of carbonyl (C=O) groups is 1. The Hall–Kier alpha value is -1.51.